The molecule has 0 spiro atoms. The summed E-state index contributed by atoms with van der Waals surface area (Å²) in [6, 6.07) is 11.2. The number of amides is 2. The predicted molar refractivity (Wildman–Crippen MR) is 137 cm³/mol. The molecule has 1 aliphatic heterocycles. The summed E-state index contributed by atoms with van der Waals surface area (Å²) in [4.78, 5) is 44.0. The number of aliphatic carboxylic acids is 1. The van der Waals surface area contributed by atoms with Crippen molar-refractivity contribution in [3.05, 3.63) is 48.7 Å². The van der Waals surface area contributed by atoms with Crippen LogP contribution in [0.2, 0.25) is 0 Å². The first-order chi connectivity index (χ1) is 17.6. The Morgan fingerprint density at radius 1 is 1.08 bits per heavy atom. The van der Waals surface area contributed by atoms with Gasteiger partial charge in [-0.25, -0.2) is 9.59 Å². The summed E-state index contributed by atoms with van der Waals surface area (Å²) in [5.41, 5.74) is 1.00. The Balaban J connectivity index is 1.47. The standard InChI is InChI=1S/C28H35N3O6/c1-28(2,3)24(30-27(35)37-19-11-7-8-12-19)25(32)31-17-21(16-23(31)26(33)34)36-20-13-14-29-22(15-20)18-9-5-4-6-10-18/h4-6,9-10,13-15,19,21,23-24H,7-8,11-12,16-17H2,1-3H3,(H,30,35)(H,33,34). The van der Waals surface area contributed by atoms with Gasteiger partial charge in [0, 0.05) is 24.2 Å². The highest BCUT2D eigenvalue weighted by Gasteiger charge is 2.46. The lowest BCUT2D eigenvalue weighted by Gasteiger charge is -2.34. The van der Waals surface area contributed by atoms with Gasteiger partial charge in [0.05, 0.1) is 12.2 Å². The van der Waals surface area contributed by atoms with Crippen molar-refractivity contribution in [3.8, 4) is 17.0 Å². The second-order valence-electron chi connectivity index (χ2n) is 10.8. The lowest BCUT2D eigenvalue weighted by atomic mass is 9.85. The van der Waals surface area contributed by atoms with Crippen LogP contribution in [-0.2, 0) is 14.3 Å². The van der Waals surface area contributed by atoms with E-state index in [4.69, 9.17) is 9.47 Å². The van der Waals surface area contributed by atoms with Gasteiger partial charge in [0.25, 0.3) is 0 Å². The Labute approximate surface area is 217 Å². The van der Waals surface area contributed by atoms with E-state index < -0.39 is 41.6 Å². The van der Waals surface area contributed by atoms with Crippen molar-refractivity contribution in [2.24, 2.45) is 5.41 Å². The summed E-state index contributed by atoms with van der Waals surface area (Å²) in [5.74, 6) is -1.03. The number of nitrogens with zero attached hydrogens (tertiary/aromatic N) is 2. The third kappa shape index (κ3) is 6.58. The summed E-state index contributed by atoms with van der Waals surface area (Å²) >= 11 is 0. The van der Waals surface area contributed by atoms with Crippen molar-refractivity contribution in [2.75, 3.05) is 6.54 Å². The second-order valence-corrected chi connectivity index (χ2v) is 10.8. The smallest absolute Gasteiger partial charge is 0.408 e. The number of carbonyl (C=O) groups excluding carboxylic acids is 2. The number of nitrogens with one attached hydrogen (secondary N) is 1. The number of carboxylic acids is 1. The summed E-state index contributed by atoms with van der Waals surface area (Å²) in [6.07, 6.45) is 4.11. The molecule has 1 aromatic carbocycles. The van der Waals surface area contributed by atoms with Gasteiger partial charge in [0.1, 0.15) is 30.0 Å². The molecule has 2 aliphatic rings. The fourth-order valence-electron chi connectivity index (χ4n) is 4.93. The Morgan fingerprint density at radius 3 is 2.43 bits per heavy atom. The van der Waals surface area contributed by atoms with Crippen molar-refractivity contribution in [1.29, 1.82) is 0 Å². The summed E-state index contributed by atoms with van der Waals surface area (Å²) < 4.78 is 11.6. The average molecular weight is 510 g/mol. The van der Waals surface area contributed by atoms with Gasteiger partial charge >= 0.3 is 12.1 Å². The Hall–Kier alpha value is -3.62. The number of carboxylic acid groups (broad SMARTS) is 1. The monoisotopic (exact) mass is 509 g/mol. The molecule has 1 aliphatic carbocycles. The molecule has 1 aromatic heterocycles. The van der Waals surface area contributed by atoms with Gasteiger partial charge in [0.15, 0.2) is 0 Å². The zero-order valence-electron chi connectivity index (χ0n) is 21.6. The largest absolute Gasteiger partial charge is 0.488 e. The maximum Gasteiger partial charge on any atom is 0.408 e. The van der Waals surface area contributed by atoms with Crippen LogP contribution < -0.4 is 10.1 Å². The quantitative estimate of drug-likeness (QED) is 0.572. The Kier molecular flexibility index (Phi) is 8.00. The Bertz CT molecular complexity index is 1110. The second kappa shape index (κ2) is 11.2. The van der Waals surface area contributed by atoms with Gasteiger partial charge in [-0.15, -0.1) is 0 Å². The molecule has 2 aromatic rings. The highest BCUT2D eigenvalue weighted by atomic mass is 16.6. The minimum absolute atomic E-state index is 0.0880. The highest BCUT2D eigenvalue weighted by Crippen LogP contribution is 2.30. The maximum absolute atomic E-state index is 13.6. The molecule has 2 N–H and O–H groups in total. The molecule has 3 atom stereocenters. The summed E-state index contributed by atoms with van der Waals surface area (Å²) in [7, 11) is 0. The number of alkyl carbamates (subject to hydrolysis) is 1. The van der Waals surface area contributed by atoms with Crippen molar-refractivity contribution < 1.29 is 29.0 Å². The number of rotatable bonds is 7. The average Bonchev–Trinajstić information content (AvgIpc) is 3.52. The highest BCUT2D eigenvalue weighted by molar-refractivity contribution is 5.90. The molecule has 2 amide bonds. The zero-order chi connectivity index (χ0) is 26.6. The molecule has 2 fully saturated rings. The molecule has 0 bridgehead atoms. The SMILES string of the molecule is CC(C)(C)C(NC(=O)OC1CCCC1)C(=O)N1CC(Oc2ccnc(-c3ccccc3)c2)CC1C(=O)O. The summed E-state index contributed by atoms with van der Waals surface area (Å²) in [6.45, 7) is 5.57. The number of ether oxygens (including phenoxy) is 2. The van der Waals surface area contributed by atoms with Crippen molar-refractivity contribution in [3.63, 3.8) is 0 Å². The van der Waals surface area contributed by atoms with Crippen LogP contribution in [0.3, 0.4) is 0 Å². The topological polar surface area (TPSA) is 118 Å². The molecule has 2 heterocycles. The molecule has 0 radical (unpaired) electrons. The fourth-order valence-corrected chi connectivity index (χ4v) is 4.93. The molecular formula is C28H35N3O6. The first kappa shape index (κ1) is 26.4. The van der Waals surface area contributed by atoms with E-state index in [0.717, 1.165) is 36.9 Å². The van der Waals surface area contributed by atoms with Gasteiger partial charge in [-0.3, -0.25) is 9.78 Å². The lowest BCUT2D eigenvalue weighted by Crippen LogP contribution is -2.57. The van der Waals surface area contributed by atoms with Crippen LogP contribution >= 0.6 is 0 Å². The third-order valence-corrected chi connectivity index (χ3v) is 6.89. The van der Waals surface area contributed by atoms with E-state index in [-0.39, 0.29) is 19.1 Å². The number of pyridine rings is 1. The molecular weight excluding hydrogens is 474 g/mol. The van der Waals surface area contributed by atoms with Crippen LogP contribution in [-0.4, -0.2) is 63.8 Å². The molecule has 198 valence electrons. The Morgan fingerprint density at radius 2 is 1.78 bits per heavy atom. The third-order valence-electron chi connectivity index (χ3n) is 6.89. The van der Waals surface area contributed by atoms with Gasteiger partial charge < -0.3 is 24.8 Å². The van der Waals surface area contributed by atoms with Crippen LogP contribution in [0.15, 0.2) is 48.7 Å². The number of likely N-dealkylation sites (tertiary alicyclic amines) is 1. The molecule has 9 nitrogen and oxygen atoms in total. The van der Waals surface area contributed by atoms with Gasteiger partial charge in [-0.1, -0.05) is 51.1 Å². The van der Waals surface area contributed by atoms with E-state index >= 15 is 0 Å². The molecule has 37 heavy (non-hydrogen) atoms. The fraction of sp³-hybridized carbons (Fsp3) is 0.500. The number of aromatic nitrogens is 1. The molecule has 3 unspecified atom stereocenters. The lowest BCUT2D eigenvalue weighted by molar-refractivity contribution is -0.150. The predicted octanol–water partition coefficient (Wildman–Crippen LogP) is 4.27. The van der Waals surface area contributed by atoms with Gasteiger partial charge in [0.2, 0.25) is 5.91 Å². The van der Waals surface area contributed by atoms with E-state index in [0.29, 0.717) is 5.75 Å². The zero-order valence-corrected chi connectivity index (χ0v) is 21.6. The van der Waals surface area contributed by atoms with Crippen LogP contribution in [0, 0.1) is 5.41 Å². The van der Waals surface area contributed by atoms with E-state index in [2.05, 4.69) is 10.3 Å². The molecule has 1 saturated heterocycles. The van der Waals surface area contributed by atoms with Crippen molar-refractivity contribution >= 4 is 18.0 Å². The summed E-state index contributed by atoms with van der Waals surface area (Å²) in [5, 5.41) is 12.6. The normalized spacial score (nSPS) is 20.9. The van der Waals surface area contributed by atoms with Gasteiger partial charge in [-0.05, 0) is 37.2 Å². The van der Waals surface area contributed by atoms with E-state index in [1.807, 2.05) is 51.1 Å². The van der Waals surface area contributed by atoms with Crippen LogP contribution in [0.1, 0.15) is 52.9 Å². The number of hydrogen-bond acceptors (Lipinski definition) is 6. The first-order valence-corrected chi connectivity index (χ1v) is 12.8. The number of hydrogen-bond donors (Lipinski definition) is 2. The maximum atomic E-state index is 13.6. The van der Waals surface area contributed by atoms with Crippen LogP contribution in [0.4, 0.5) is 4.79 Å². The molecule has 1 saturated carbocycles. The van der Waals surface area contributed by atoms with Crippen molar-refractivity contribution in [2.45, 2.75) is 77.2 Å². The number of benzene rings is 1. The molecule has 9 heteroatoms. The van der Waals surface area contributed by atoms with E-state index in [9.17, 15) is 19.5 Å². The minimum atomic E-state index is -1.11. The first-order valence-electron chi connectivity index (χ1n) is 12.8. The van der Waals surface area contributed by atoms with E-state index in [1.54, 1.807) is 18.3 Å². The van der Waals surface area contributed by atoms with Crippen LogP contribution in [0.5, 0.6) is 5.75 Å². The van der Waals surface area contributed by atoms with Gasteiger partial charge in [-0.2, -0.15) is 0 Å². The minimum Gasteiger partial charge on any atom is -0.488 e. The van der Waals surface area contributed by atoms with Crippen LogP contribution in [0.25, 0.3) is 11.3 Å². The van der Waals surface area contributed by atoms with Crippen molar-refractivity contribution in [1.82, 2.24) is 15.2 Å². The van der Waals surface area contributed by atoms with E-state index in [1.165, 1.54) is 4.90 Å². The molecule has 4 rings (SSSR count). The number of carbonyl (C=O) groups is 3.